The molecular weight excluding hydrogens is 238 g/mol. The Balaban J connectivity index is 2.18. The first-order chi connectivity index (χ1) is 6.70. The maximum absolute atomic E-state index is 11.5. The lowest BCUT2D eigenvalue weighted by atomic mass is 10.4. The number of aromatic nitrogens is 2. The summed E-state index contributed by atoms with van der Waals surface area (Å²) >= 11 is 7.27. The Morgan fingerprint density at radius 2 is 2.43 bits per heavy atom. The summed E-state index contributed by atoms with van der Waals surface area (Å²) in [6.07, 6.45) is 2.44. The Hall–Kier alpha value is -0.270. The lowest BCUT2D eigenvalue weighted by Crippen LogP contribution is -2.24. The molecule has 0 N–H and O–H groups in total. The molecule has 7 heteroatoms. The summed E-state index contributed by atoms with van der Waals surface area (Å²) in [6.45, 7) is 0.644. The van der Waals surface area contributed by atoms with Crippen molar-refractivity contribution in [3.05, 3.63) is 0 Å². The number of nitrogens with zero attached hydrogens (tertiary/aromatic N) is 3. The Labute approximate surface area is 95.5 Å². The molecule has 2 heterocycles. The van der Waals surface area contributed by atoms with Gasteiger partial charge in [-0.25, -0.2) is 0 Å². The van der Waals surface area contributed by atoms with Gasteiger partial charge in [0.2, 0.25) is 11.0 Å². The summed E-state index contributed by atoms with van der Waals surface area (Å²) < 4.78 is 0.885. The van der Waals surface area contributed by atoms with E-state index in [1.165, 1.54) is 23.1 Å². The topological polar surface area (TPSA) is 46.1 Å². The second-order valence-corrected chi connectivity index (χ2v) is 5.66. The number of thiol groups is 1. The van der Waals surface area contributed by atoms with Crippen LogP contribution >= 0.6 is 35.7 Å². The molecule has 0 aliphatic carbocycles. The third-order valence-corrected chi connectivity index (χ3v) is 4.17. The number of hydrogen-bond acceptors (Lipinski definition) is 6. The van der Waals surface area contributed by atoms with E-state index in [0.717, 1.165) is 4.34 Å². The van der Waals surface area contributed by atoms with Crippen molar-refractivity contribution in [2.45, 2.75) is 16.0 Å². The number of hydrogen-bond donors (Lipinski definition) is 1. The molecule has 1 atom stereocenters. The Kier molecular flexibility index (Phi) is 2.99. The van der Waals surface area contributed by atoms with Gasteiger partial charge in [-0.05, 0) is 6.26 Å². The van der Waals surface area contributed by atoms with Crippen molar-refractivity contribution in [3.8, 4) is 0 Å². The van der Waals surface area contributed by atoms with Gasteiger partial charge in [0.25, 0.3) is 0 Å². The minimum absolute atomic E-state index is 0.0915. The van der Waals surface area contributed by atoms with Gasteiger partial charge >= 0.3 is 0 Å². The minimum atomic E-state index is 0.0915. The summed E-state index contributed by atoms with van der Waals surface area (Å²) in [5, 5.41) is 8.74. The number of anilines is 1. The van der Waals surface area contributed by atoms with Crippen molar-refractivity contribution in [2.75, 3.05) is 17.7 Å². The van der Waals surface area contributed by atoms with E-state index >= 15 is 0 Å². The second-order valence-electron chi connectivity index (χ2n) is 2.92. The highest BCUT2D eigenvalue weighted by Gasteiger charge is 2.30. The van der Waals surface area contributed by atoms with E-state index in [9.17, 15) is 4.79 Å². The third kappa shape index (κ3) is 1.89. The van der Waals surface area contributed by atoms with Crippen LogP contribution in [0.5, 0.6) is 0 Å². The van der Waals surface area contributed by atoms with Crippen LogP contribution in [-0.2, 0) is 4.79 Å². The van der Waals surface area contributed by atoms with Crippen LogP contribution in [0.3, 0.4) is 0 Å². The molecule has 0 saturated carbocycles. The van der Waals surface area contributed by atoms with E-state index in [4.69, 9.17) is 0 Å². The highest BCUT2D eigenvalue weighted by Crippen LogP contribution is 2.30. The monoisotopic (exact) mass is 247 g/mol. The number of thioether (sulfide) groups is 1. The maximum Gasteiger partial charge on any atom is 0.230 e. The first kappa shape index (κ1) is 10.3. The van der Waals surface area contributed by atoms with Gasteiger partial charge in [0.1, 0.15) is 0 Å². The normalized spacial score (nSPS) is 22.0. The van der Waals surface area contributed by atoms with Crippen LogP contribution in [0.1, 0.15) is 6.42 Å². The standard InChI is InChI=1S/C7H9N3OS3/c1-13-7-9-8-6(14-7)10-3-4(12)2-5(10)11/h4,12H,2-3H2,1H3. The average molecular weight is 247 g/mol. The molecule has 1 aromatic heterocycles. The van der Waals surface area contributed by atoms with Gasteiger partial charge < -0.3 is 0 Å². The molecule has 1 saturated heterocycles. The Bertz CT molecular complexity index is 354. The van der Waals surface area contributed by atoms with Gasteiger partial charge in [-0.15, -0.1) is 10.2 Å². The summed E-state index contributed by atoms with van der Waals surface area (Å²) in [6, 6.07) is 0. The summed E-state index contributed by atoms with van der Waals surface area (Å²) in [5.41, 5.74) is 0. The fourth-order valence-electron chi connectivity index (χ4n) is 1.27. The molecule has 0 bridgehead atoms. The molecule has 1 aliphatic rings. The first-order valence-corrected chi connectivity index (χ1v) is 6.62. The van der Waals surface area contributed by atoms with Gasteiger partial charge in [-0.3, -0.25) is 9.69 Å². The van der Waals surface area contributed by atoms with Gasteiger partial charge in [0.05, 0.1) is 0 Å². The van der Waals surface area contributed by atoms with Gasteiger partial charge in [0, 0.05) is 18.2 Å². The Morgan fingerprint density at radius 3 is 2.93 bits per heavy atom. The van der Waals surface area contributed by atoms with E-state index in [1.54, 1.807) is 4.90 Å². The molecule has 1 aromatic rings. The molecule has 4 nitrogen and oxygen atoms in total. The van der Waals surface area contributed by atoms with Crippen molar-refractivity contribution in [1.29, 1.82) is 0 Å². The van der Waals surface area contributed by atoms with Crippen LogP contribution in [0, 0.1) is 0 Å². The molecule has 1 aliphatic heterocycles. The molecule has 2 rings (SSSR count). The summed E-state index contributed by atoms with van der Waals surface area (Å²) in [5.74, 6) is 0.0915. The van der Waals surface area contributed by atoms with Gasteiger partial charge in [-0.1, -0.05) is 23.1 Å². The largest absolute Gasteiger partial charge is 0.286 e. The summed E-state index contributed by atoms with van der Waals surface area (Å²) in [4.78, 5) is 13.2. The van der Waals surface area contributed by atoms with Gasteiger partial charge in [0.15, 0.2) is 4.34 Å². The second kappa shape index (κ2) is 4.08. The van der Waals surface area contributed by atoms with Crippen molar-refractivity contribution in [3.63, 3.8) is 0 Å². The predicted octanol–water partition coefficient (Wildman–Crippen LogP) is 1.30. The Morgan fingerprint density at radius 1 is 1.64 bits per heavy atom. The molecular formula is C7H9N3OS3. The lowest BCUT2D eigenvalue weighted by molar-refractivity contribution is -0.117. The van der Waals surface area contributed by atoms with Crippen molar-refractivity contribution in [2.24, 2.45) is 0 Å². The molecule has 1 amide bonds. The molecule has 0 radical (unpaired) electrons. The fourth-order valence-corrected chi connectivity index (χ4v) is 2.87. The van der Waals surface area contributed by atoms with Crippen LogP contribution in [0.2, 0.25) is 0 Å². The highest BCUT2D eigenvalue weighted by molar-refractivity contribution is 8.00. The van der Waals surface area contributed by atoms with Gasteiger partial charge in [-0.2, -0.15) is 12.6 Å². The quantitative estimate of drug-likeness (QED) is 0.486. The summed E-state index contributed by atoms with van der Waals surface area (Å²) in [7, 11) is 0. The lowest BCUT2D eigenvalue weighted by Gasteiger charge is -2.09. The van der Waals surface area contributed by atoms with Crippen LogP contribution in [0.4, 0.5) is 5.13 Å². The zero-order valence-corrected chi connectivity index (χ0v) is 10.0. The number of rotatable bonds is 2. The van der Waals surface area contributed by atoms with Crippen LogP contribution in [-0.4, -0.2) is 34.2 Å². The van der Waals surface area contributed by atoms with E-state index in [1.807, 2.05) is 6.26 Å². The van der Waals surface area contributed by atoms with E-state index in [0.29, 0.717) is 18.1 Å². The third-order valence-electron chi connectivity index (χ3n) is 1.91. The SMILES string of the molecule is CSc1nnc(N2CC(S)CC2=O)s1. The van der Waals surface area contributed by atoms with Crippen molar-refractivity contribution >= 4 is 46.8 Å². The van der Waals surface area contributed by atoms with Crippen molar-refractivity contribution in [1.82, 2.24) is 10.2 Å². The van der Waals surface area contributed by atoms with E-state index in [2.05, 4.69) is 22.8 Å². The molecule has 1 fully saturated rings. The number of carbonyl (C=O) groups excluding carboxylic acids is 1. The fraction of sp³-hybridized carbons (Fsp3) is 0.571. The number of carbonyl (C=O) groups is 1. The maximum atomic E-state index is 11.5. The minimum Gasteiger partial charge on any atom is -0.286 e. The van der Waals surface area contributed by atoms with Crippen LogP contribution in [0.15, 0.2) is 4.34 Å². The smallest absolute Gasteiger partial charge is 0.230 e. The zero-order chi connectivity index (χ0) is 10.1. The first-order valence-electron chi connectivity index (χ1n) is 4.06. The van der Waals surface area contributed by atoms with E-state index < -0.39 is 0 Å². The molecule has 76 valence electrons. The molecule has 0 aromatic carbocycles. The number of amides is 1. The predicted molar refractivity (Wildman–Crippen MR) is 61.4 cm³/mol. The highest BCUT2D eigenvalue weighted by atomic mass is 32.2. The van der Waals surface area contributed by atoms with E-state index in [-0.39, 0.29) is 11.2 Å². The van der Waals surface area contributed by atoms with Crippen molar-refractivity contribution < 1.29 is 4.79 Å². The van der Waals surface area contributed by atoms with Crippen LogP contribution in [0.25, 0.3) is 0 Å². The molecule has 0 spiro atoms. The van der Waals surface area contributed by atoms with Crippen LogP contribution < -0.4 is 4.90 Å². The zero-order valence-electron chi connectivity index (χ0n) is 7.51. The molecule has 1 unspecified atom stereocenters. The molecule has 14 heavy (non-hydrogen) atoms. The average Bonchev–Trinajstić information content (AvgIpc) is 2.71.